The van der Waals surface area contributed by atoms with Gasteiger partial charge in [-0.25, -0.2) is 4.72 Å². The van der Waals surface area contributed by atoms with E-state index in [1.807, 2.05) is 0 Å². The van der Waals surface area contributed by atoms with Crippen molar-refractivity contribution < 1.29 is 8.42 Å². The van der Waals surface area contributed by atoms with E-state index in [0.717, 1.165) is 12.8 Å². The summed E-state index contributed by atoms with van der Waals surface area (Å²) < 4.78 is 26.8. The van der Waals surface area contributed by atoms with Crippen molar-refractivity contribution in [3.8, 4) is 0 Å². The van der Waals surface area contributed by atoms with Crippen molar-refractivity contribution in [2.24, 2.45) is 0 Å². The largest absolute Gasteiger partial charge is 0.279 e. The van der Waals surface area contributed by atoms with Crippen LogP contribution in [0.2, 0.25) is 0 Å². The Labute approximate surface area is 81.6 Å². The molecular formula is C6H13BrN2O2S. The van der Waals surface area contributed by atoms with Gasteiger partial charge in [-0.05, 0) is 12.8 Å². The van der Waals surface area contributed by atoms with Crippen molar-refractivity contribution in [2.75, 3.05) is 25.0 Å². The van der Waals surface area contributed by atoms with Gasteiger partial charge in [0.2, 0.25) is 0 Å². The lowest BCUT2D eigenvalue weighted by atomic mass is 10.4. The highest BCUT2D eigenvalue weighted by atomic mass is 79.9. The number of nitrogens with one attached hydrogen (secondary N) is 1. The third-order valence-corrected chi connectivity index (χ3v) is 3.79. The second kappa shape index (κ2) is 4.55. The summed E-state index contributed by atoms with van der Waals surface area (Å²) in [6, 6.07) is 0. The van der Waals surface area contributed by atoms with Gasteiger partial charge in [-0.3, -0.25) is 0 Å². The SMILES string of the molecule is O=S(=O)(NCCBr)N1CCCC1. The molecule has 1 fully saturated rings. The second-order valence-electron chi connectivity index (χ2n) is 2.69. The average Bonchev–Trinajstić information content (AvgIpc) is 2.53. The second-order valence-corrected chi connectivity index (χ2v) is 5.24. The van der Waals surface area contributed by atoms with Crippen molar-refractivity contribution in [3.05, 3.63) is 0 Å². The first-order valence-corrected chi connectivity index (χ1v) is 6.53. The zero-order chi connectivity index (χ0) is 9.03. The molecule has 1 N–H and O–H groups in total. The zero-order valence-electron chi connectivity index (χ0n) is 6.79. The predicted molar refractivity (Wildman–Crippen MR) is 51.5 cm³/mol. The maximum Gasteiger partial charge on any atom is 0.279 e. The van der Waals surface area contributed by atoms with Crippen LogP contribution in [0.5, 0.6) is 0 Å². The van der Waals surface area contributed by atoms with Crippen LogP contribution in [0.4, 0.5) is 0 Å². The fourth-order valence-corrected chi connectivity index (χ4v) is 2.93. The number of hydrogen-bond acceptors (Lipinski definition) is 2. The number of hydrogen-bond donors (Lipinski definition) is 1. The minimum Gasteiger partial charge on any atom is -0.201 e. The first-order chi connectivity index (χ1) is 5.67. The first kappa shape index (κ1) is 10.4. The van der Waals surface area contributed by atoms with Crippen LogP contribution >= 0.6 is 15.9 Å². The van der Waals surface area contributed by atoms with Crippen LogP contribution in [0.15, 0.2) is 0 Å². The lowest BCUT2D eigenvalue weighted by Crippen LogP contribution is -2.39. The van der Waals surface area contributed by atoms with Gasteiger partial charge >= 0.3 is 0 Å². The normalized spacial score (nSPS) is 20.1. The summed E-state index contributed by atoms with van der Waals surface area (Å²) >= 11 is 3.17. The molecular weight excluding hydrogens is 244 g/mol. The van der Waals surface area contributed by atoms with Gasteiger partial charge in [0.15, 0.2) is 0 Å². The number of halogens is 1. The zero-order valence-corrected chi connectivity index (χ0v) is 9.20. The van der Waals surface area contributed by atoms with Crippen LogP contribution in [-0.4, -0.2) is 37.7 Å². The molecule has 0 aromatic carbocycles. The molecule has 0 amide bonds. The van der Waals surface area contributed by atoms with Gasteiger partial charge in [-0.1, -0.05) is 15.9 Å². The summed E-state index contributed by atoms with van der Waals surface area (Å²) in [4.78, 5) is 0. The molecule has 6 heteroatoms. The van der Waals surface area contributed by atoms with E-state index < -0.39 is 10.2 Å². The smallest absolute Gasteiger partial charge is 0.201 e. The third kappa shape index (κ3) is 2.69. The highest BCUT2D eigenvalue weighted by molar-refractivity contribution is 9.09. The molecule has 1 aliphatic rings. The molecule has 1 heterocycles. The summed E-state index contributed by atoms with van der Waals surface area (Å²) in [6.07, 6.45) is 1.96. The van der Waals surface area contributed by atoms with E-state index in [9.17, 15) is 8.42 Å². The molecule has 12 heavy (non-hydrogen) atoms. The summed E-state index contributed by atoms with van der Waals surface area (Å²) in [7, 11) is -3.17. The summed E-state index contributed by atoms with van der Waals surface area (Å²) in [6.45, 7) is 1.79. The van der Waals surface area contributed by atoms with Crippen LogP contribution in [0.1, 0.15) is 12.8 Å². The lowest BCUT2D eigenvalue weighted by Gasteiger charge is -2.15. The van der Waals surface area contributed by atoms with Crippen molar-refractivity contribution in [1.29, 1.82) is 0 Å². The number of alkyl halides is 1. The molecule has 1 aliphatic heterocycles. The van der Waals surface area contributed by atoms with Gasteiger partial charge < -0.3 is 0 Å². The standard InChI is InChI=1S/C6H13BrN2O2S/c7-3-4-8-12(10,11)9-5-1-2-6-9/h8H,1-6H2. The van der Waals surface area contributed by atoms with Gasteiger partial charge in [-0.2, -0.15) is 12.7 Å². The van der Waals surface area contributed by atoms with E-state index >= 15 is 0 Å². The van der Waals surface area contributed by atoms with Crippen molar-refractivity contribution >= 4 is 26.1 Å². The van der Waals surface area contributed by atoms with Gasteiger partial charge in [0.05, 0.1) is 0 Å². The Morgan fingerprint density at radius 2 is 1.92 bits per heavy atom. The molecule has 4 nitrogen and oxygen atoms in total. The molecule has 0 aliphatic carbocycles. The Morgan fingerprint density at radius 1 is 1.33 bits per heavy atom. The van der Waals surface area contributed by atoms with E-state index in [4.69, 9.17) is 0 Å². The Bertz CT molecular complexity index is 224. The Hall–Kier alpha value is 0.350. The van der Waals surface area contributed by atoms with Gasteiger partial charge in [0, 0.05) is 25.0 Å². The molecule has 0 radical (unpaired) electrons. The fourth-order valence-electron chi connectivity index (χ4n) is 1.19. The van der Waals surface area contributed by atoms with Crippen molar-refractivity contribution in [2.45, 2.75) is 12.8 Å². The van der Waals surface area contributed by atoms with E-state index in [0.29, 0.717) is 25.0 Å². The van der Waals surface area contributed by atoms with Crippen LogP contribution in [0.3, 0.4) is 0 Å². The molecule has 0 aromatic heterocycles. The van der Waals surface area contributed by atoms with Crippen LogP contribution in [-0.2, 0) is 10.2 Å². The molecule has 0 unspecified atom stereocenters. The van der Waals surface area contributed by atoms with Gasteiger partial charge in [-0.15, -0.1) is 0 Å². The van der Waals surface area contributed by atoms with E-state index in [-0.39, 0.29) is 0 Å². The predicted octanol–water partition coefficient (Wildman–Crippen LogP) is 0.311. The molecule has 0 aromatic rings. The lowest BCUT2D eigenvalue weighted by molar-refractivity contribution is 0.467. The first-order valence-electron chi connectivity index (χ1n) is 3.97. The quantitative estimate of drug-likeness (QED) is 0.737. The van der Waals surface area contributed by atoms with Gasteiger partial charge in [0.1, 0.15) is 0 Å². The number of nitrogens with zero attached hydrogens (tertiary/aromatic N) is 1. The number of rotatable bonds is 4. The third-order valence-electron chi connectivity index (χ3n) is 1.78. The topological polar surface area (TPSA) is 49.4 Å². The summed E-state index contributed by atoms with van der Waals surface area (Å²) in [5.74, 6) is 0. The molecule has 0 bridgehead atoms. The van der Waals surface area contributed by atoms with Crippen molar-refractivity contribution in [3.63, 3.8) is 0 Å². The average molecular weight is 257 g/mol. The summed E-state index contributed by atoms with van der Waals surface area (Å²) in [5, 5.41) is 0.653. The van der Waals surface area contributed by atoms with Crippen LogP contribution < -0.4 is 4.72 Å². The maximum atomic E-state index is 11.4. The van der Waals surface area contributed by atoms with Crippen molar-refractivity contribution in [1.82, 2.24) is 9.03 Å². The fraction of sp³-hybridized carbons (Fsp3) is 1.00. The Morgan fingerprint density at radius 3 is 2.42 bits per heavy atom. The van der Waals surface area contributed by atoms with E-state index in [1.165, 1.54) is 4.31 Å². The van der Waals surface area contributed by atoms with E-state index in [2.05, 4.69) is 20.7 Å². The highest BCUT2D eigenvalue weighted by Crippen LogP contribution is 2.10. The van der Waals surface area contributed by atoms with Gasteiger partial charge in [0.25, 0.3) is 10.2 Å². The Balaban J connectivity index is 2.46. The minimum absolute atomic E-state index is 0.457. The summed E-state index contributed by atoms with van der Waals surface area (Å²) in [5.41, 5.74) is 0. The molecule has 72 valence electrons. The molecule has 1 rings (SSSR count). The Kier molecular flexibility index (Phi) is 3.95. The molecule has 0 saturated carbocycles. The molecule has 1 saturated heterocycles. The van der Waals surface area contributed by atoms with E-state index in [1.54, 1.807) is 0 Å². The molecule has 0 atom stereocenters. The maximum absolute atomic E-state index is 11.4. The molecule has 0 spiro atoms. The minimum atomic E-state index is -3.17. The monoisotopic (exact) mass is 256 g/mol. The van der Waals surface area contributed by atoms with Crippen LogP contribution in [0.25, 0.3) is 0 Å². The van der Waals surface area contributed by atoms with Crippen LogP contribution in [0, 0.1) is 0 Å². The highest BCUT2D eigenvalue weighted by Gasteiger charge is 2.23.